The summed E-state index contributed by atoms with van der Waals surface area (Å²) in [6, 6.07) is 0. The van der Waals surface area contributed by atoms with Crippen molar-refractivity contribution in [2.24, 2.45) is 23.5 Å². The first-order valence-corrected chi connectivity index (χ1v) is 5.93. The number of hydrogen-bond donors (Lipinski definition) is 2. The lowest BCUT2D eigenvalue weighted by atomic mass is 9.88. The molecule has 1 rings (SSSR count). The molecule has 0 amide bonds. The van der Waals surface area contributed by atoms with Gasteiger partial charge in [-0.2, -0.15) is 0 Å². The van der Waals surface area contributed by atoms with Gasteiger partial charge >= 0.3 is 0 Å². The van der Waals surface area contributed by atoms with Crippen LogP contribution < -0.4 is 5.73 Å². The van der Waals surface area contributed by atoms with E-state index >= 15 is 0 Å². The highest BCUT2D eigenvalue weighted by Gasteiger charge is 2.22. The third-order valence-electron chi connectivity index (χ3n) is 3.48. The van der Waals surface area contributed by atoms with Crippen molar-refractivity contribution in [3.05, 3.63) is 0 Å². The molecule has 1 fully saturated rings. The molecular weight excluding hydrogens is 172 g/mol. The van der Waals surface area contributed by atoms with Gasteiger partial charge in [-0.15, -0.1) is 0 Å². The van der Waals surface area contributed by atoms with Gasteiger partial charge in [-0.25, -0.2) is 0 Å². The monoisotopic (exact) mass is 196 g/mol. The topological polar surface area (TPSA) is 49.9 Å². The van der Waals surface area contributed by atoms with E-state index in [1.807, 2.05) is 0 Å². The maximum Gasteiger partial charge on any atom is 0.0145 e. The first-order chi connectivity index (χ1) is 6.65. The second-order valence-corrected chi connectivity index (χ2v) is 4.92. The maximum absolute atomic E-state index is 8.03. The van der Waals surface area contributed by atoms with Crippen LogP contribution in [0, 0.1) is 23.2 Å². The van der Waals surface area contributed by atoms with Crippen LogP contribution in [0.25, 0.3) is 0 Å². The molecule has 2 unspecified atom stereocenters. The van der Waals surface area contributed by atoms with E-state index in [2.05, 4.69) is 13.8 Å². The molecule has 0 aromatic heterocycles. The van der Waals surface area contributed by atoms with Crippen LogP contribution in [0.1, 0.15) is 46.0 Å². The molecule has 2 heteroatoms. The Bertz CT molecular complexity index is 187. The van der Waals surface area contributed by atoms with Crippen LogP contribution in [0.3, 0.4) is 0 Å². The van der Waals surface area contributed by atoms with Gasteiger partial charge in [0.25, 0.3) is 0 Å². The number of nitrogens with two attached hydrogens (primary N) is 1. The second kappa shape index (κ2) is 5.50. The predicted octanol–water partition coefficient (Wildman–Crippen LogP) is 2.82. The molecule has 1 aliphatic rings. The minimum atomic E-state index is 0.425. The molecular formula is C12H24N2. The lowest BCUT2D eigenvalue weighted by molar-refractivity contribution is 0.465. The van der Waals surface area contributed by atoms with Crippen molar-refractivity contribution in [2.45, 2.75) is 46.0 Å². The van der Waals surface area contributed by atoms with E-state index < -0.39 is 0 Å². The molecule has 1 aliphatic carbocycles. The van der Waals surface area contributed by atoms with Crippen molar-refractivity contribution in [3.63, 3.8) is 0 Å². The number of hydrogen-bond acceptors (Lipinski definition) is 2. The fourth-order valence-electron chi connectivity index (χ4n) is 2.40. The van der Waals surface area contributed by atoms with E-state index in [1.165, 1.54) is 32.1 Å². The molecule has 0 bridgehead atoms. The largest absolute Gasteiger partial charge is 0.330 e. The van der Waals surface area contributed by atoms with Crippen LogP contribution in [0.2, 0.25) is 0 Å². The number of nitrogens with one attached hydrogen (secondary N) is 1. The minimum Gasteiger partial charge on any atom is -0.330 e. The van der Waals surface area contributed by atoms with Crippen molar-refractivity contribution >= 4 is 5.71 Å². The molecule has 0 spiro atoms. The fourth-order valence-corrected chi connectivity index (χ4v) is 2.40. The van der Waals surface area contributed by atoms with Crippen LogP contribution in [-0.2, 0) is 0 Å². The summed E-state index contributed by atoms with van der Waals surface area (Å²) in [5.41, 5.74) is 6.66. The first-order valence-electron chi connectivity index (χ1n) is 5.93. The normalized spacial score (nSPS) is 28.9. The quantitative estimate of drug-likeness (QED) is 0.529. The smallest absolute Gasteiger partial charge is 0.0145 e. The van der Waals surface area contributed by atoms with E-state index in [1.54, 1.807) is 0 Å². The van der Waals surface area contributed by atoms with Crippen molar-refractivity contribution in [1.82, 2.24) is 0 Å². The summed E-state index contributed by atoms with van der Waals surface area (Å²) in [6.45, 7) is 5.10. The zero-order chi connectivity index (χ0) is 10.6. The van der Waals surface area contributed by atoms with Crippen LogP contribution >= 0.6 is 0 Å². The van der Waals surface area contributed by atoms with Crippen molar-refractivity contribution in [3.8, 4) is 0 Å². The molecule has 1 saturated carbocycles. The van der Waals surface area contributed by atoms with Gasteiger partial charge in [0.2, 0.25) is 0 Å². The Labute approximate surface area is 87.8 Å². The molecule has 2 atom stereocenters. The Morgan fingerprint density at radius 2 is 2.00 bits per heavy atom. The van der Waals surface area contributed by atoms with Gasteiger partial charge in [-0.3, -0.25) is 0 Å². The van der Waals surface area contributed by atoms with Gasteiger partial charge < -0.3 is 11.1 Å². The summed E-state index contributed by atoms with van der Waals surface area (Å²) < 4.78 is 0. The highest BCUT2D eigenvalue weighted by molar-refractivity contribution is 5.85. The van der Waals surface area contributed by atoms with Crippen molar-refractivity contribution in [1.29, 1.82) is 5.41 Å². The highest BCUT2D eigenvalue weighted by atomic mass is 14.6. The Morgan fingerprint density at radius 3 is 2.57 bits per heavy atom. The Hall–Kier alpha value is -0.370. The Kier molecular flexibility index (Phi) is 4.59. The van der Waals surface area contributed by atoms with Gasteiger partial charge in [0, 0.05) is 5.71 Å². The minimum absolute atomic E-state index is 0.425. The molecule has 0 aliphatic heterocycles. The maximum atomic E-state index is 8.03. The Morgan fingerprint density at radius 1 is 1.29 bits per heavy atom. The van der Waals surface area contributed by atoms with Crippen molar-refractivity contribution < 1.29 is 0 Å². The molecule has 0 aromatic carbocycles. The average molecular weight is 196 g/mol. The van der Waals surface area contributed by atoms with Gasteiger partial charge in [-0.05, 0) is 50.0 Å². The third kappa shape index (κ3) is 3.09. The molecule has 0 saturated heterocycles. The predicted molar refractivity (Wildman–Crippen MR) is 61.7 cm³/mol. The molecule has 3 N–H and O–H groups in total. The standard InChI is InChI=1S/C12H24N2/c1-9(2)12(14)11-5-3-4-10(8-13)6-7-11/h9-11,14H,3-8,13H2,1-2H3. The average Bonchev–Trinajstić information content (AvgIpc) is 2.41. The first kappa shape index (κ1) is 11.7. The van der Waals surface area contributed by atoms with Gasteiger partial charge in [0.05, 0.1) is 0 Å². The van der Waals surface area contributed by atoms with E-state index in [4.69, 9.17) is 11.1 Å². The van der Waals surface area contributed by atoms with Gasteiger partial charge in [0.15, 0.2) is 0 Å². The molecule has 14 heavy (non-hydrogen) atoms. The number of rotatable bonds is 3. The summed E-state index contributed by atoms with van der Waals surface area (Å²) >= 11 is 0. The molecule has 0 aromatic rings. The summed E-state index contributed by atoms with van der Waals surface area (Å²) in [7, 11) is 0. The van der Waals surface area contributed by atoms with E-state index in [0.29, 0.717) is 11.8 Å². The van der Waals surface area contributed by atoms with Gasteiger partial charge in [-0.1, -0.05) is 20.3 Å². The summed E-state index contributed by atoms with van der Waals surface area (Å²) in [6.07, 6.45) is 6.18. The van der Waals surface area contributed by atoms with Crippen LogP contribution in [0.5, 0.6) is 0 Å². The molecule has 82 valence electrons. The highest BCUT2D eigenvalue weighted by Crippen LogP contribution is 2.28. The molecule has 0 radical (unpaired) electrons. The van der Waals surface area contributed by atoms with E-state index in [9.17, 15) is 0 Å². The summed E-state index contributed by atoms with van der Waals surface area (Å²) in [5.74, 6) is 1.70. The lowest BCUT2D eigenvalue weighted by Gasteiger charge is -2.18. The second-order valence-electron chi connectivity index (χ2n) is 4.92. The summed E-state index contributed by atoms with van der Waals surface area (Å²) in [4.78, 5) is 0. The van der Waals surface area contributed by atoms with Crippen LogP contribution in [0.4, 0.5) is 0 Å². The zero-order valence-corrected chi connectivity index (χ0v) is 9.55. The zero-order valence-electron chi connectivity index (χ0n) is 9.55. The SMILES string of the molecule is CC(C)C(=N)C1CCCC(CN)CC1. The van der Waals surface area contributed by atoms with Crippen LogP contribution in [0.15, 0.2) is 0 Å². The molecule has 0 heterocycles. The fraction of sp³-hybridized carbons (Fsp3) is 0.917. The van der Waals surface area contributed by atoms with Crippen LogP contribution in [-0.4, -0.2) is 12.3 Å². The lowest BCUT2D eigenvalue weighted by Crippen LogP contribution is -2.19. The summed E-state index contributed by atoms with van der Waals surface area (Å²) in [5, 5.41) is 8.03. The van der Waals surface area contributed by atoms with Gasteiger partial charge in [0.1, 0.15) is 0 Å². The van der Waals surface area contributed by atoms with E-state index in [-0.39, 0.29) is 0 Å². The van der Waals surface area contributed by atoms with E-state index in [0.717, 1.165) is 18.2 Å². The Balaban J connectivity index is 2.45. The van der Waals surface area contributed by atoms with Crippen molar-refractivity contribution in [2.75, 3.05) is 6.54 Å². The molecule has 2 nitrogen and oxygen atoms in total. The third-order valence-corrected chi connectivity index (χ3v) is 3.48.